The average Bonchev–Trinajstić information content (AvgIpc) is 2.79. The van der Waals surface area contributed by atoms with E-state index in [1.54, 1.807) is 25.4 Å². The molecule has 1 amide bonds. The molecule has 1 saturated heterocycles. The van der Waals surface area contributed by atoms with E-state index in [1.807, 2.05) is 18.3 Å². The van der Waals surface area contributed by atoms with Crippen molar-refractivity contribution in [3.05, 3.63) is 58.3 Å². The number of H-pyrrole nitrogens is 1. The molecule has 1 aliphatic carbocycles. The summed E-state index contributed by atoms with van der Waals surface area (Å²) in [4.78, 5) is 40.4. The lowest BCUT2D eigenvalue weighted by atomic mass is 9.81. The van der Waals surface area contributed by atoms with E-state index < -0.39 is 0 Å². The minimum Gasteiger partial charge on any atom is -0.491 e. The Balaban J connectivity index is 1.30. The number of ether oxygens (including phenoxy) is 1. The van der Waals surface area contributed by atoms with Crippen LogP contribution < -0.4 is 20.5 Å². The molecule has 2 aliphatic rings. The topological polar surface area (TPSA) is 103 Å². The van der Waals surface area contributed by atoms with E-state index in [2.05, 4.69) is 30.1 Å². The highest BCUT2D eigenvalue weighted by Gasteiger charge is 2.42. The summed E-state index contributed by atoms with van der Waals surface area (Å²) in [6.07, 6.45) is 5.97. The summed E-state index contributed by atoms with van der Waals surface area (Å²) in [5.74, 6) is 0.0932. The molecule has 5 rings (SSSR count). The fourth-order valence-electron chi connectivity index (χ4n) is 4.74. The second-order valence-corrected chi connectivity index (χ2v) is 8.30. The molecule has 4 heterocycles. The second-order valence-electron chi connectivity index (χ2n) is 8.30. The van der Waals surface area contributed by atoms with Crippen LogP contribution in [0, 0.1) is 0 Å². The summed E-state index contributed by atoms with van der Waals surface area (Å²) in [5, 5.41) is 2.60. The summed E-state index contributed by atoms with van der Waals surface area (Å²) >= 11 is 0. The number of amides is 1. The predicted octanol–water partition coefficient (Wildman–Crippen LogP) is 1.54. The van der Waals surface area contributed by atoms with Crippen LogP contribution in [-0.2, 0) is 6.54 Å². The Bertz CT molecular complexity index is 1210. The maximum absolute atomic E-state index is 12.1. The van der Waals surface area contributed by atoms with E-state index >= 15 is 0 Å². The molecule has 1 saturated carbocycles. The van der Waals surface area contributed by atoms with Gasteiger partial charge in [-0.1, -0.05) is 0 Å². The first-order chi connectivity index (χ1) is 15.6. The van der Waals surface area contributed by atoms with E-state index in [4.69, 9.17) is 4.74 Å². The number of fused-ring (bicyclic) bond motifs is 2. The van der Waals surface area contributed by atoms with E-state index in [1.165, 1.54) is 7.11 Å². The number of methoxy groups -OCH3 is 1. The monoisotopic (exact) mass is 434 g/mol. The van der Waals surface area contributed by atoms with Crippen LogP contribution >= 0.6 is 0 Å². The lowest BCUT2D eigenvalue weighted by Gasteiger charge is -2.54. The van der Waals surface area contributed by atoms with Crippen molar-refractivity contribution in [2.24, 2.45) is 0 Å². The molecule has 9 nitrogen and oxygen atoms in total. The highest BCUT2D eigenvalue weighted by atomic mass is 16.5. The summed E-state index contributed by atoms with van der Waals surface area (Å²) < 4.78 is 5.09. The standard InChI is InChI=1S/C23H26N6O3/c1-24-22(30)16-4-3-15(12-26-16)29-8-7-28(19-5-6-20(19)29)13-14-9-18-17(25-11-14)10-21(32-2)23(31)27-18/h3-4,9-12,19-20H,5-8,13H2,1-2H3,(H,24,30)(H,27,31)/t19-,20+/m0/s1. The zero-order valence-electron chi connectivity index (χ0n) is 18.2. The van der Waals surface area contributed by atoms with Crippen molar-refractivity contribution in [1.29, 1.82) is 0 Å². The number of piperazine rings is 1. The molecule has 3 aromatic heterocycles. The molecule has 1 aliphatic heterocycles. The van der Waals surface area contributed by atoms with E-state index in [0.717, 1.165) is 49.2 Å². The first-order valence-corrected chi connectivity index (χ1v) is 10.8. The Morgan fingerprint density at radius 1 is 1.19 bits per heavy atom. The number of carbonyl (C=O) groups excluding carboxylic acids is 1. The van der Waals surface area contributed by atoms with Gasteiger partial charge in [-0.3, -0.25) is 19.5 Å². The molecular weight excluding hydrogens is 408 g/mol. The molecule has 0 bridgehead atoms. The number of anilines is 1. The predicted molar refractivity (Wildman–Crippen MR) is 121 cm³/mol. The van der Waals surface area contributed by atoms with Gasteiger partial charge >= 0.3 is 0 Å². The van der Waals surface area contributed by atoms with Crippen molar-refractivity contribution in [2.75, 3.05) is 32.1 Å². The Labute approximate surface area is 185 Å². The van der Waals surface area contributed by atoms with Gasteiger partial charge in [0.25, 0.3) is 11.5 Å². The number of hydrogen-bond donors (Lipinski definition) is 2. The van der Waals surface area contributed by atoms with E-state index in [-0.39, 0.29) is 17.2 Å². The highest BCUT2D eigenvalue weighted by molar-refractivity contribution is 5.92. The zero-order valence-corrected chi connectivity index (χ0v) is 18.2. The minimum absolute atomic E-state index is 0.174. The molecule has 166 valence electrons. The number of hydrogen-bond acceptors (Lipinski definition) is 7. The largest absolute Gasteiger partial charge is 0.491 e. The van der Waals surface area contributed by atoms with Gasteiger partial charge in [0, 0.05) is 51.0 Å². The van der Waals surface area contributed by atoms with Gasteiger partial charge in [-0.15, -0.1) is 0 Å². The van der Waals surface area contributed by atoms with Crippen molar-refractivity contribution < 1.29 is 9.53 Å². The quantitative estimate of drug-likeness (QED) is 0.628. The summed E-state index contributed by atoms with van der Waals surface area (Å²) in [6.45, 7) is 2.62. The van der Waals surface area contributed by atoms with Crippen molar-refractivity contribution >= 4 is 22.6 Å². The lowest BCUT2D eigenvalue weighted by molar-refractivity contribution is 0.0658. The number of nitrogens with one attached hydrogen (secondary N) is 2. The van der Waals surface area contributed by atoms with Crippen LogP contribution in [0.4, 0.5) is 5.69 Å². The third kappa shape index (κ3) is 3.58. The van der Waals surface area contributed by atoms with Crippen LogP contribution in [0.1, 0.15) is 28.9 Å². The number of nitrogens with zero attached hydrogens (tertiary/aromatic N) is 4. The first-order valence-electron chi connectivity index (χ1n) is 10.8. The number of aromatic amines is 1. The summed E-state index contributed by atoms with van der Waals surface area (Å²) in [6, 6.07) is 8.35. The van der Waals surface area contributed by atoms with Crippen LogP contribution in [0.15, 0.2) is 41.5 Å². The minimum atomic E-state index is -0.248. The molecular formula is C23H26N6O3. The third-order valence-electron chi connectivity index (χ3n) is 6.56. The summed E-state index contributed by atoms with van der Waals surface area (Å²) in [7, 11) is 3.08. The Morgan fingerprint density at radius 2 is 2.03 bits per heavy atom. The van der Waals surface area contributed by atoms with Gasteiger partial charge in [-0.2, -0.15) is 0 Å². The van der Waals surface area contributed by atoms with Crippen molar-refractivity contribution in [2.45, 2.75) is 31.5 Å². The summed E-state index contributed by atoms with van der Waals surface area (Å²) in [5.41, 5.74) is 3.76. The molecule has 32 heavy (non-hydrogen) atoms. The maximum Gasteiger partial charge on any atom is 0.290 e. The van der Waals surface area contributed by atoms with Gasteiger partial charge in [-0.25, -0.2) is 4.98 Å². The Kier molecular flexibility index (Phi) is 5.26. The van der Waals surface area contributed by atoms with Crippen LogP contribution in [0.3, 0.4) is 0 Å². The molecule has 2 N–H and O–H groups in total. The number of rotatable bonds is 5. The molecule has 0 radical (unpaired) electrons. The molecule has 2 fully saturated rings. The Hall–Kier alpha value is -3.46. The van der Waals surface area contributed by atoms with Gasteiger partial charge in [-0.05, 0) is 36.6 Å². The molecule has 0 aromatic carbocycles. The fraction of sp³-hybridized carbons (Fsp3) is 0.391. The average molecular weight is 435 g/mol. The number of pyridine rings is 3. The molecule has 3 aromatic rings. The van der Waals surface area contributed by atoms with E-state index in [0.29, 0.717) is 23.3 Å². The molecule has 2 atom stereocenters. The van der Waals surface area contributed by atoms with Crippen LogP contribution in [-0.4, -0.2) is 65.1 Å². The first kappa shape index (κ1) is 20.4. The lowest BCUT2D eigenvalue weighted by Crippen LogP contribution is -2.64. The van der Waals surface area contributed by atoms with Crippen LogP contribution in [0.2, 0.25) is 0 Å². The Morgan fingerprint density at radius 3 is 2.72 bits per heavy atom. The number of aromatic nitrogens is 3. The van der Waals surface area contributed by atoms with Gasteiger partial charge < -0.3 is 19.9 Å². The van der Waals surface area contributed by atoms with Crippen molar-refractivity contribution in [3.63, 3.8) is 0 Å². The molecule has 0 unspecified atom stereocenters. The van der Waals surface area contributed by atoms with E-state index in [9.17, 15) is 9.59 Å². The molecule has 0 spiro atoms. The van der Waals surface area contributed by atoms with Gasteiger partial charge in [0.15, 0.2) is 5.75 Å². The zero-order chi connectivity index (χ0) is 22.2. The highest BCUT2D eigenvalue weighted by Crippen LogP contribution is 2.37. The van der Waals surface area contributed by atoms with Gasteiger partial charge in [0.05, 0.1) is 30.0 Å². The SMILES string of the molecule is CNC(=O)c1ccc(N2CCN(Cc3cnc4cc(OC)c(=O)[nH]c4c3)[C@H]3CC[C@H]32)cn1. The smallest absolute Gasteiger partial charge is 0.290 e. The van der Waals surface area contributed by atoms with Gasteiger partial charge in [0.2, 0.25) is 0 Å². The van der Waals surface area contributed by atoms with Crippen molar-refractivity contribution in [3.8, 4) is 5.75 Å². The maximum atomic E-state index is 12.1. The molecule has 9 heteroatoms. The van der Waals surface area contributed by atoms with Crippen molar-refractivity contribution in [1.82, 2.24) is 25.2 Å². The number of carbonyl (C=O) groups is 1. The third-order valence-corrected chi connectivity index (χ3v) is 6.56. The second kappa shape index (κ2) is 8.23. The normalized spacial score (nSPS) is 20.5. The van der Waals surface area contributed by atoms with Crippen LogP contribution in [0.25, 0.3) is 11.0 Å². The fourth-order valence-corrected chi connectivity index (χ4v) is 4.74. The van der Waals surface area contributed by atoms with Crippen LogP contribution in [0.5, 0.6) is 5.75 Å². The van der Waals surface area contributed by atoms with Gasteiger partial charge in [0.1, 0.15) is 5.69 Å².